The minimum Gasteiger partial charge on any atom is -0.406 e. The Morgan fingerprint density at radius 3 is 2.53 bits per heavy atom. The van der Waals surface area contributed by atoms with Crippen molar-refractivity contribution in [3.05, 3.63) is 59.9 Å². The molecule has 2 heterocycles. The Labute approximate surface area is 181 Å². The van der Waals surface area contributed by atoms with Crippen LogP contribution >= 0.6 is 0 Å². The van der Waals surface area contributed by atoms with Gasteiger partial charge < -0.3 is 20.7 Å². The van der Waals surface area contributed by atoms with Gasteiger partial charge in [-0.25, -0.2) is 9.31 Å². The lowest BCUT2D eigenvalue weighted by Gasteiger charge is -2.29. The zero-order chi connectivity index (χ0) is 23.5. The summed E-state index contributed by atoms with van der Waals surface area (Å²) >= 11 is 0. The molecule has 0 bridgehead atoms. The van der Waals surface area contributed by atoms with Crippen molar-refractivity contribution in [2.45, 2.75) is 39.2 Å². The van der Waals surface area contributed by atoms with Gasteiger partial charge in [-0.15, -0.1) is 13.2 Å². The summed E-state index contributed by atoms with van der Waals surface area (Å²) in [6.07, 6.45) is -1.06. The number of fused-ring (bicyclic) bond motifs is 1. The van der Waals surface area contributed by atoms with Crippen molar-refractivity contribution in [3.63, 3.8) is 0 Å². The molecule has 170 valence electrons. The molecule has 0 saturated carbocycles. The lowest BCUT2D eigenvalue weighted by Crippen LogP contribution is -2.40. The Morgan fingerprint density at radius 2 is 1.94 bits per heavy atom. The van der Waals surface area contributed by atoms with Crippen LogP contribution in [-0.4, -0.2) is 38.9 Å². The van der Waals surface area contributed by atoms with E-state index in [0.29, 0.717) is 17.6 Å². The number of nitrogens with zero attached hydrogens (tertiary/aromatic N) is 3. The third kappa shape index (κ3) is 5.48. The van der Waals surface area contributed by atoms with E-state index < -0.39 is 18.3 Å². The van der Waals surface area contributed by atoms with Crippen LogP contribution in [-0.2, 0) is 6.54 Å². The Kier molecular flexibility index (Phi) is 6.56. The number of benzene rings is 1. The van der Waals surface area contributed by atoms with Crippen molar-refractivity contribution in [2.75, 3.05) is 5.32 Å². The maximum atomic E-state index is 12.9. The first kappa shape index (κ1) is 22.9. The zero-order valence-electron chi connectivity index (χ0n) is 17.4. The molecule has 1 unspecified atom stereocenters. The normalized spacial score (nSPS) is 12.4. The molecule has 0 aliphatic carbocycles. The van der Waals surface area contributed by atoms with E-state index in [4.69, 9.17) is 5.73 Å². The second-order valence-corrected chi connectivity index (χ2v) is 7.17. The molecule has 3 N–H and O–H groups in total. The van der Waals surface area contributed by atoms with Gasteiger partial charge in [0.15, 0.2) is 0 Å². The van der Waals surface area contributed by atoms with Crippen LogP contribution in [0.4, 0.5) is 23.7 Å². The number of primary amides is 1. The lowest BCUT2D eigenvalue weighted by molar-refractivity contribution is -0.274. The molecule has 1 atom stereocenters. The van der Waals surface area contributed by atoms with Gasteiger partial charge in [0.1, 0.15) is 5.75 Å². The number of urea groups is 1. The third-order valence-electron chi connectivity index (χ3n) is 4.93. The van der Waals surface area contributed by atoms with Crippen LogP contribution in [0.1, 0.15) is 36.2 Å². The summed E-state index contributed by atoms with van der Waals surface area (Å²) in [5.74, 6) is -0.986. The summed E-state index contributed by atoms with van der Waals surface area (Å²) in [5.41, 5.74) is 7.26. The average molecular weight is 449 g/mol. The van der Waals surface area contributed by atoms with Gasteiger partial charge in [0.25, 0.3) is 5.91 Å². The first-order valence-electron chi connectivity index (χ1n) is 9.77. The van der Waals surface area contributed by atoms with E-state index in [9.17, 15) is 22.8 Å². The molecule has 0 spiro atoms. The summed E-state index contributed by atoms with van der Waals surface area (Å²) in [6, 6.07) is 7.84. The molecule has 0 saturated heterocycles. The number of amides is 3. The summed E-state index contributed by atoms with van der Waals surface area (Å²) < 4.78 is 42.3. The minimum absolute atomic E-state index is 0.139. The van der Waals surface area contributed by atoms with E-state index in [0.717, 1.165) is 17.7 Å². The summed E-state index contributed by atoms with van der Waals surface area (Å²) in [7, 11) is 0. The Bertz CT molecular complexity index is 1110. The highest BCUT2D eigenvalue weighted by Crippen LogP contribution is 2.24. The molecule has 11 heteroatoms. The van der Waals surface area contributed by atoms with Crippen LogP contribution in [0, 0.1) is 0 Å². The van der Waals surface area contributed by atoms with Gasteiger partial charge in [-0.1, -0.05) is 6.92 Å². The number of rotatable bonds is 7. The molecule has 32 heavy (non-hydrogen) atoms. The number of nitrogens with one attached hydrogen (secondary N) is 1. The van der Waals surface area contributed by atoms with Crippen molar-refractivity contribution >= 4 is 23.1 Å². The molecule has 0 aliphatic heterocycles. The fraction of sp³-hybridized carbons (Fsp3) is 0.286. The van der Waals surface area contributed by atoms with Crippen molar-refractivity contribution in [1.29, 1.82) is 0 Å². The quantitative estimate of drug-likeness (QED) is 0.565. The highest BCUT2D eigenvalue weighted by Gasteiger charge is 2.31. The Hall–Kier alpha value is -3.76. The van der Waals surface area contributed by atoms with E-state index in [-0.39, 0.29) is 23.9 Å². The zero-order valence-corrected chi connectivity index (χ0v) is 17.4. The van der Waals surface area contributed by atoms with E-state index >= 15 is 0 Å². The molecule has 3 rings (SSSR count). The topological polar surface area (TPSA) is 102 Å². The largest absolute Gasteiger partial charge is 0.573 e. The van der Waals surface area contributed by atoms with E-state index in [1.807, 2.05) is 13.8 Å². The molecule has 0 fully saturated rings. The summed E-state index contributed by atoms with van der Waals surface area (Å²) in [4.78, 5) is 26.1. The second-order valence-electron chi connectivity index (χ2n) is 7.17. The van der Waals surface area contributed by atoms with Crippen LogP contribution in [0.15, 0.2) is 48.8 Å². The smallest absolute Gasteiger partial charge is 0.406 e. The number of nitrogens with two attached hydrogens (primary N) is 1. The number of alkyl halides is 3. The van der Waals surface area contributed by atoms with Gasteiger partial charge in [-0.3, -0.25) is 4.79 Å². The van der Waals surface area contributed by atoms with Gasteiger partial charge in [0.05, 0.1) is 17.3 Å². The van der Waals surface area contributed by atoms with Crippen LogP contribution in [0.5, 0.6) is 5.75 Å². The maximum Gasteiger partial charge on any atom is 0.573 e. The molecule has 0 radical (unpaired) electrons. The maximum absolute atomic E-state index is 12.9. The number of aromatic nitrogens is 2. The third-order valence-corrected chi connectivity index (χ3v) is 4.93. The second kappa shape index (κ2) is 9.16. The minimum atomic E-state index is -4.79. The number of pyridine rings is 1. The van der Waals surface area contributed by atoms with Crippen molar-refractivity contribution in [1.82, 2.24) is 14.5 Å². The standard InChI is InChI=1S/C21H22F3N5O3/c1-3-13(2)28(12-14-8-9-29-18(10-14)17(11-26-29)19(25)30)20(31)27-15-4-6-16(7-5-15)32-21(22,23)24/h4-11,13H,3,12H2,1-2H3,(H2,25,30)(H,27,31). The van der Waals surface area contributed by atoms with Crippen LogP contribution in [0.25, 0.3) is 5.52 Å². The predicted molar refractivity (Wildman–Crippen MR) is 111 cm³/mol. The van der Waals surface area contributed by atoms with E-state index in [1.165, 1.54) is 22.8 Å². The molecule has 2 aromatic heterocycles. The first-order chi connectivity index (χ1) is 15.1. The Balaban J connectivity index is 1.78. The van der Waals surface area contributed by atoms with Crippen molar-refractivity contribution in [3.8, 4) is 5.75 Å². The number of halogens is 3. The van der Waals surface area contributed by atoms with E-state index in [1.54, 1.807) is 23.2 Å². The lowest BCUT2D eigenvalue weighted by atomic mass is 10.1. The molecule has 1 aromatic carbocycles. The molecular formula is C21H22F3N5O3. The molecule has 3 amide bonds. The summed E-state index contributed by atoms with van der Waals surface area (Å²) in [5, 5.41) is 6.76. The van der Waals surface area contributed by atoms with E-state index in [2.05, 4.69) is 15.2 Å². The van der Waals surface area contributed by atoms with Crippen molar-refractivity contribution < 1.29 is 27.5 Å². The van der Waals surface area contributed by atoms with Gasteiger partial charge in [-0.05, 0) is 55.3 Å². The number of hydrogen-bond donors (Lipinski definition) is 2. The van der Waals surface area contributed by atoms with Gasteiger partial charge in [0, 0.05) is 24.5 Å². The van der Waals surface area contributed by atoms with Gasteiger partial charge in [0.2, 0.25) is 0 Å². The number of hydrogen-bond acceptors (Lipinski definition) is 4. The highest BCUT2D eigenvalue weighted by molar-refractivity contribution is 5.99. The molecule has 3 aromatic rings. The Morgan fingerprint density at radius 1 is 1.25 bits per heavy atom. The van der Waals surface area contributed by atoms with Crippen LogP contribution < -0.4 is 15.8 Å². The number of anilines is 1. The molecule has 0 aliphatic rings. The number of carbonyl (C=O) groups is 2. The first-order valence-corrected chi connectivity index (χ1v) is 9.77. The summed E-state index contributed by atoms with van der Waals surface area (Å²) in [6.45, 7) is 4.04. The van der Waals surface area contributed by atoms with Crippen LogP contribution in [0.2, 0.25) is 0 Å². The highest BCUT2D eigenvalue weighted by atomic mass is 19.4. The fourth-order valence-corrected chi connectivity index (χ4v) is 3.09. The van der Waals surface area contributed by atoms with Crippen LogP contribution in [0.3, 0.4) is 0 Å². The predicted octanol–water partition coefficient (Wildman–Crippen LogP) is 4.16. The van der Waals surface area contributed by atoms with Gasteiger partial charge >= 0.3 is 12.4 Å². The average Bonchev–Trinajstić information content (AvgIpc) is 3.15. The monoisotopic (exact) mass is 449 g/mol. The number of carbonyl (C=O) groups excluding carboxylic acids is 2. The van der Waals surface area contributed by atoms with Crippen molar-refractivity contribution in [2.24, 2.45) is 5.73 Å². The number of ether oxygens (including phenoxy) is 1. The SMILES string of the molecule is CCC(C)N(Cc1ccn2ncc(C(N)=O)c2c1)C(=O)Nc1ccc(OC(F)(F)F)cc1. The fourth-order valence-electron chi connectivity index (χ4n) is 3.09. The van der Waals surface area contributed by atoms with Gasteiger partial charge in [-0.2, -0.15) is 5.10 Å². The molecule has 8 nitrogen and oxygen atoms in total. The molecular weight excluding hydrogens is 427 g/mol.